The number of amides is 2. The first-order valence-electron chi connectivity index (χ1n) is 8.16. The number of hydrogen-bond donors (Lipinski definition) is 0. The van der Waals surface area contributed by atoms with Gasteiger partial charge in [-0.25, -0.2) is 0 Å². The minimum Gasteiger partial charge on any atom is -0.359 e. The van der Waals surface area contributed by atoms with Crippen molar-refractivity contribution in [2.75, 3.05) is 0 Å². The lowest BCUT2D eigenvalue weighted by Gasteiger charge is -2.14. The molecule has 2 unspecified atom stereocenters. The van der Waals surface area contributed by atoms with E-state index in [2.05, 4.69) is 5.16 Å². The Morgan fingerprint density at radius 1 is 1.08 bits per heavy atom. The number of carbonyl (C=O) groups excluding carboxylic acids is 2. The van der Waals surface area contributed by atoms with Gasteiger partial charge in [0.25, 0.3) is 0 Å². The molecule has 0 N–H and O–H groups in total. The molecule has 24 heavy (non-hydrogen) atoms. The van der Waals surface area contributed by atoms with Crippen LogP contribution >= 0.6 is 0 Å². The average Bonchev–Trinajstić information content (AvgIpc) is 3.16. The summed E-state index contributed by atoms with van der Waals surface area (Å²) in [6.45, 7) is 2.18. The fourth-order valence-corrected chi connectivity index (χ4v) is 3.43. The second-order valence-electron chi connectivity index (χ2n) is 6.46. The molecule has 2 atom stereocenters. The zero-order chi connectivity index (χ0) is 16.7. The highest BCUT2D eigenvalue weighted by Crippen LogP contribution is 2.36. The van der Waals surface area contributed by atoms with Gasteiger partial charge in [0.2, 0.25) is 11.8 Å². The first kappa shape index (κ1) is 14.9. The van der Waals surface area contributed by atoms with Crippen molar-refractivity contribution in [3.05, 3.63) is 53.8 Å². The molecule has 2 aliphatic rings. The third-order valence-corrected chi connectivity index (χ3v) is 4.82. The fourth-order valence-electron chi connectivity index (χ4n) is 3.43. The molecule has 1 aliphatic carbocycles. The number of imide groups is 1. The maximum atomic E-state index is 12.5. The minimum atomic E-state index is -0.206. The van der Waals surface area contributed by atoms with Gasteiger partial charge in [0.15, 0.2) is 5.76 Å². The molecule has 1 aromatic heterocycles. The van der Waals surface area contributed by atoms with Crippen LogP contribution in [0.2, 0.25) is 0 Å². The quantitative estimate of drug-likeness (QED) is 0.643. The number of allylic oxidation sites excluding steroid dienone is 2. The summed E-state index contributed by atoms with van der Waals surface area (Å²) < 4.78 is 5.35. The van der Waals surface area contributed by atoms with Crippen molar-refractivity contribution in [2.24, 2.45) is 11.8 Å². The van der Waals surface area contributed by atoms with Crippen molar-refractivity contribution in [3.8, 4) is 11.3 Å². The van der Waals surface area contributed by atoms with Crippen LogP contribution in [0.3, 0.4) is 0 Å². The first-order valence-corrected chi connectivity index (χ1v) is 8.16. The van der Waals surface area contributed by atoms with Crippen molar-refractivity contribution >= 4 is 11.8 Å². The van der Waals surface area contributed by atoms with E-state index >= 15 is 0 Å². The molecule has 2 amide bonds. The molecule has 5 nitrogen and oxygen atoms in total. The van der Waals surface area contributed by atoms with E-state index in [9.17, 15) is 9.59 Å². The van der Waals surface area contributed by atoms with Crippen molar-refractivity contribution in [1.29, 1.82) is 0 Å². The normalized spacial score (nSPS) is 23.0. The topological polar surface area (TPSA) is 63.4 Å². The number of nitrogens with zero attached hydrogens (tertiary/aromatic N) is 2. The van der Waals surface area contributed by atoms with Gasteiger partial charge in [0, 0.05) is 11.6 Å². The molecule has 1 aromatic carbocycles. The maximum Gasteiger partial charge on any atom is 0.233 e. The van der Waals surface area contributed by atoms with Crippen molar-refractivity contribution < 1.29 is 14.1 Å². The van der Waals surface area contributed by atoms with Gasteiger partial charge in [-0.2, -0.15) is 0 Å². The largest absolute Gasteiger partial charge is 0.359 e. The zero-order valence-corrected chi connectivity index (χ0v) is 13.4. The van der Waals surface area contributed by atoms with Crippen LogP contribution in [0.15, 0.2) is 47.0 Å². The molecule has 2 aromatic rings. The van der Waals surface area contributed by atoms with E-state index in [1.165, 1.54) is 10.5 Å². The van der Waals surface area contributed by atoms with E-state index in [0.29, 0.717) is 24.3 Å². The second kappa shape index (κ2) is 5.74. The number of carbonyl (C=O) groups is 2. The van der Waals surface area contributed by atoms with Crippen molar-refractivity contribution in [2.45, 2.75) is 26.3 Å². The molecule has 122 valence electrons. The van der Waals surface area contributed by atoms with Crippen LogP contribution in [0.25, 0.3) is 11.3 Å². The van der Waals surface area contributed by atoms with Crippen LogP contribution in [0.5, 0.6) is 0 Å². The Hall–Kier alpha value is -2.69. The zero-order valence-electron chi connectivity index (χ0n) is 13.4. The molecule has 1 fully saturated rings. The van der Waals surface area contributed by atoms with Crippen molar-refractivity contribution in [3.63, 3.8) is 0 Å². The van der Waals surface area contributed by atoms with E-state index < -0.39 is 0 Å². The van der Waals surface area contributed by atoms with E-state index in [1.807, 2.05) is 43.3 Å². The lowest BCUT2D eigenvalue weighted by molar-refractivity contribution is -0.140. The standard InChI is InChI=1S/C19H18N2O3/c1-12-6-8-13(9-7-12)17-10-14(24-20-17)11-21-18(22)15-4-2-3-5-16(15)19(21)23/h2-3,6-10,15-16H,4-5,11H2,1H3. The first-order chi connectivity index (χ1) is 11.6. The van der Waals surface area contributed by atoms with Gasteiger partial charge in [-0.05, 0) is 19.8 Å². The highest BCUT2D eigenvalue weighted by molar-refractivity contribution is 6.05. The summed E-state index contributed by atoms with van der Waals surface area (Å²) in [6, 6.07) is 9.77. The van der Waals surface area contributed by atoms with E-state index in [4.69, 9.17) is 4.52 Å². The summed E-state index contributed by atoms with van der Waals surface area (Å²) in [5, 5.41) is 4.06. The van der Waals surface area contributed by atoms with Crippen LogP contribution in [0.4, 0.5) is 0 Å². The Balaban J connectivity index is 1.53. The molecule has 0 radical (unpaired) electrons. The molecule has 5 heteroatoms. The molecule has 0 bridgehead atoms. The Labute approximate surface area is 139 Å². The van der Waals surface area contributed by atoms with Gasteiger partial charge in [-0.15, -0.1) is 0 Å². The second-order valence-corrected chi connectivity index (χ2v) is 6.46. The van der Waals surface area contributed by atoms with Crippen molar-refractivity contribution in [1.82, 2.24) is 10.1 Å². The Kier molecular flexibility index (Phi) is 3.56. The summed E-state index contributed by atoms with van der Waals surface area (Å²) in [4.78, 5) is 26.3. The number of aryl methyl sites for hydroxylation is 1. The number of hydrogen-bond acceptors (Lipinski definition) is 4. The lowest BCUT2D eigenvalue weighted by atomic mass is 9.85. The number of fused-ring (bicyclic) bond motifs is 1. The van der Waals surface area contributed by atoms with Gasteiger partial charge >= 0.3 is 0 Å². The third kappa shape index (κ3) is 2.46. The number of aromatic nitrogens is 1. The van der Waals surface area contributed by atoms with Crippen LogP contribution in [0.1, 0.15) is 24.2 Å². The SMILES string of the molecule is Cc1ccc(-c2cc(CN3C(=O)C4CC=CCC4C3=O)on2)cc1. The summed E-state index contributed by atoms with van der Waals surface area (Å²) in [5.41, 5.74) is 2.84. The molecule has 1 saturated heterocycles. The molecule has 4 rings (SSSR count). The summed E-state index contributed by atoms with van der Waals surface area (Å²) in [6.07, 6.45) is 5.27. The highest BCUT2D eigenvalue weighted by Gasteiger charge is 2.47. The minimum absolute atomic E-state index is 0.0948. The average molecular weight is 322 g/mol. The number of benzene rings is 1. The fraction of sp³-hybridized carbons (Fsp3) is 0.316. The number of rotatable bonds is 3. The number of likely N-dealkylation sites (tertiary alicyclic amines) is 1. The Morgan fingerprint density at radius 2 is 1.71 bits per heavy atom. The predicted octanol–water partition coefficient (Wildman–Crippen LogP) is 3.10. The van der Waals surface area contributed by atoms with Crippen LogP contribution in [0, 0.1) is 18.8 Å². The van der Waals surface area contributed by atoms with E-state index in [0.717, 1.165) is 5.56 Å². The molecule has 0 saturated carbocycles. The molecule has 0 spiro atoms. The van der Waals surface area contributed by atoms with E-state index in [1.54, 1.807) is 6.07 Å². The predicted molar refractivity (Wildman–Crippen MR) is 87.6 cm³/mol. The molecular formula is C19H18N2O3. The van der Waals surface area contributed by atoms with Crippen LogP contribution in [-0.2, 0) is 16.1 Å². The Bertz CT molecular complexity index is 793. The summed E-state index contributed by atoms with van der Waals surface area (Å²) in [5.74, 6) is -0.0758. The van der Waals surface area contributed by atoms with Gasteiger partial charge in [0.1, 0.15) is 5.69 Å². The van der Waals surface area contributed by atoms with Gasteiger partial charge in [0.05, 0.1) is 18.4 Å². The lowest BCUT2D eigenvalue weighted by Crippen LogP contribution is -2.30. The molecular weight excluding hydrogens is 304 g/mol. The van der Waals surface area contributed by atoms with E-state index in [-0.39, 0.29) is 30.2 Å². The van der Waals surface area contributed by atoms with Gasteiger partial charge < -0.3 is 4.52 Å². The smallest absolute Gasteiger partial charge is 0.233 e. The van der Waals surface area contributed by atoms with Gasteiger partial charge in [-0.1, -0.05) is 47.1 Å². The van der Waals surface area contributed by atoms with Crippen LogP contribution < -0.4 is 0 Å². The maximum absolute atomic E-state index is 12.5. The molecule has 2 heterocycles. The Morgan fingerprint density at radius 3 is 2.33 bits per heavy atom. The monoisotopic (exact) mass is 322 g/mol. The third-order valence-electron chi connectivity index (χ3n) is 4.82. The van der Waals surface area contributed by atoms with Gasteiger partial charge in [-0.3, -0.25) is 14.5 Å². The van der Waals surface area contributed by atoms with Crippen LogP contribution in [-0.4, -0.2) is 21.9 Å². The summed E-state index contributed by atoms with van der Waals surface area (Å²) in [7, 11) is 0. The molecule has 1 aliphatic heterocycles. The highest BCUT2D eigenvalue weighted by atomic mass is 16.5. The summed E-state index contributed by atoms with van der Waals surface area (Å²) >= 11 is 0.